The lowest BCUT2D eigenvalue weighted by Gasteiger charge is -2.38. The van der Waals surface area contributed by atoms with Gasteiger partial charge in [-0.1, -0.05) is 38.5 Å². The molecule has 3 aliphatic carbocycles. The second-order valence-electron chi connectivity index (χ2n) is 17.2. The van der Waals surface area contributed by atoms with Gasteiger partial charge in [-0.05, 0) is 150 Å². The molecule has 0 unspecified atom stereocenters. The number of halogens is 1. The van der Waals surface area contributed by atoms with Crippen LogP contribution in [-0.2, 0) is 19.0 Å². The van der Waals surface area contributed by atoms with Crippen molar-refractivity contribution in [2.75, 3.05) is 93.3 Å². The highest BCUT2D eigenvalue weighted by Crippen LogP contribution is 2.28. The smallest absolute Gasteiger partial charge is 0.124 e. The van der Waals surface area contributed by atoms with Gasteiger partial charge >= 0.3 is 0 Å². The predicted molar refractivity (Wildman–Crippen MR) is 237 cm³/mol. The minimum Gasteiger partial charge on any atom is -0.377 e. The Balaban J connectivity index is 0.000000268. The van der Waals surface area contributed by atoms with E-state index in [-0.39, 0.29) is 18.3 Å². The quantitative estimate of drug-likeness (QED) is 0.142. The number of nitrogens with zero attached hydrogens (tertiary/aromatic N) is 2. The molecule has 4 N–H and O–H groups in total. The van der Waals surface area contributed by atoms with Gasteiger partial charge in [0.25, 0.3) is 0 Å². The van der Waals surface area contributed by atoms with Crippen molar-refractivity contribution in [2.24, 2.45) is 17.8 Å². The molecule has 0 bridgehead atoms. The van der Waals surface area contributed by atoms with Gasteiger partial charge < -0.3 is 50.1 Å². The van der Waals surface area contributed by atoms with Crippen LogP contribution in [0.3, 0.4) is 0 Å². The molecule has 6 fully saturated rings. The van der Waals surface area contributed by atoms with Crippen LogP contribution in [0.2, 0.25) is 0 Å². The molecule has 0 amide bonds. The van der Waals surface area contributed by atoms with E-state index in [0.29, 0.717) is 24.4 Å². The molecule has 56 heavy (non-hydrogen) atoms. The molecule has 9 atom stereocenters. The summed E-state index contributed by atoms with van der Waals surface area (Å²) in [4.78, 5) is 15.8. The first-order valence-electron chi connectivity index (χ1n) is 23.4. The Kier molecular flexibility index (Phi) is 29.9. The van der Waals surface area contributed by atoms with Gasteiger partial charge in [0.2, 0.25) is 0 Å². The summed E-state index contributed by atoms with van der Waals surface area (Å²) in [6, 6.07) is 1.93. The molecule has 0 aromatic carbocycles. The van der Waals surface area contributed by atoms with Crippen LogP contribution in [0, 0.1) is 17.8 Å². The minimum atomic E-state index is 0. The lowest BCUT2D eigenvalue weighted by atomic mass is 9.84. The number of aldehydes is 1. The molecule has 0 aromatic heterocycles. The van der Waals surface area contributed by atoms with Crippen molar-refractivity contribution in [3.05, 3.63) is 0 Å². The summed E-state index contributed by atoms with van der Waals surface area (Å²) < 4.78 is 17.0. The van der Waals surface area contributed by atoms with Gasteiger partial charge in [0.05, 0.1) is 18.3 Å². The Labute approximate surface area is 351 Å². The van der Waals surface area contributed by atoms with Gasteiger partial charge in [-0.25, -0.2) is 0 Å². The van der Waals surface area contributed by atoms with Crippen LogP contribution in [0.25, 0.3) is 0 Å². The summed E-state index contributed by atoms with van der Waals surface area (Å²) in [5.41, 5.74) is 0. The van der Waals surface area contributed by atoms with Gasteiger partial charge in [-0.3, -0.25) is 0 Å². The van der Waals surface area contributed by atoms with E-state index < -0.39 is 0 Å². The molecule has 11 heteroatoms. The van der Waals surface area contributed by atoms with E-state index in [1.807, 2.05) is 7.05 Å². The van der Waals surface area contributed by atoms with Crippen LogP contribution in [0.15, 0.2) is 0 Å². The van der Waals surface area contributed by atoms with Gasteiger partial charge in [0, 0.05) is 76.6 Å². The predicted octanol–water partition coefficient (Wildman–Crippen LogP) is 6.69. The summed E-state index contributed by atoms with van der Waals surface area (Å²) in [5.74, 6) is 1.98. The lowest BCUT2D eigenvalue weighted by Crippen LogP contribution is -2.47. The number of piperidine rings is 3. The van der Waals surface area contributed by atoms with Gasteiger partial charge in [0.1, 0.15) is 6.29 Å². The fourth-order valence-electron chi connectivity index (χ4n) is 10.3. The van der Waals surface area contributed by atoms with Crippen LogP contribution >= 0.6 is 12.4 Å². The van der Waals surface area contributed by atoms with Crippen molar-refractivity contribution < 1.29 is 19.0 Å². The number of hydrogen-bond acceptors (Lipinski definition) is 10. The average molecular weight is 816 g/mol. The average Bonchev–Trinajstić information content (AvgIpc) is 3.23. The monoisotopic (exact) mass is 815 g/mol. The van der Waals surface area contributed by atoms with E-state index in [9.17, 15) is 4.79 Å². The molecular formula is C45H91ClN6O4. The highest BCUT2D eigenvalue weighted by Gasteiger charge is 2.30. The van der Waals surface area contributed by atoms with Crippen LogP contribution in [0.4, 0.5) is 0 Å². The fraction of sp³-hybridized carbons (Fsp3) is 0.978. The molecule has 10 nitrogen and oxygen atoms in total. The summed E-state index contributed by atoms with van der Waals surface area (Å²) in [5, 5.41) is 13.5. The molecule has 3 saturated carbocycles. The van der Waals surface area contributed by atoms with Crippen molar-refractivity contribution in [2.45, 2.75) is 173 Å². The van der Waals surface area contributed by atoms with Crippen LogP contribution in [0.5, 0.6) is 0 Å². The van der Waals surface area contributed by atoms with E-state index in [2.05, 4.69) is 65.9 Å². The zero-order valence-corrected chi connectivity index (χ0v) is 38.0. The molecule has 0 radical (unpaired) electrons. The number of hydrogen-bond donors (Lipinski definition) is 4. The van der Waals surface area contributed by atoms with Crippen LogP contribution in [-0.4, -0.2) is 146 Å². The van der Waals surface area contributed by atoms with Gasteiger partial charge in [-0.15, -0.1) is 12.4 Å². The molecule has 6 rings (SSSR count). The first kappa shape index (κ1) is 51.7. The van der Waals surface area contributed by atoms with Crippen molar-refractivity contribution in [1.82, 2.24) is 31.1 Å². The zero-order valence-electron chi connectivity index (χ0n) is 37.2. The maximum absolute atomic E-state index is 10.5. The number of rotatable bonds is 14. The van der Waals surface area contributed by atoms with Gasteiger partial charge in [0.15, 0.2) is 0 Å². The van der Waals surface area contributed by atoms with E-state index >= 15 is 0 Å². The topological polar surface area (TPSA) is 99.4 Å². The van der Waals surface area contributed by atoms with Crippen molar-refractivity contribution in [1.29, 1.82) is 0 Å². The SMILES string of the molecule is CCO[C@@H]1CCCN(C[C@@H]2CCCC[C@H]2NC)C1.CCO[C@@H]1CCCN(C[C@H]2CCCC[C@@H]2NC)C1.CCO[C@@H]1CCCNC1.CN[C@@H]1CCCC[C@H]1C=O.Cl. The Morgan fingerprint density at radius 2 is 0.982 bits per heavy atom. The molecule has 6 aliphatic rings. The Morgan fingerprint density at radius 1 is 0.554 bits per heavy atom. The van der Waals surface area contributed by atoms with Crippen molar-refractivity contribution >= 4 is 18.7 Å². The van der Waals surface area contributed by atoms with E-state index in [0.717, 1.165) is 76.1 Å². The summed E-state index contributed by atoms with van der Waals surface area (Å²) >= 11 is 0. The third-order valence-corrected chi connectivity index (χ3v) is 13.3. The number of carbonyl (C=O) groups is 1. The minimum absolute atomic E-state index is 0. The zero-order chi connectivity index (χ0) is 39.5. The Bertz CT molecular complexity index is 880. The molecule has 3 heterocycles. The molecule has 3 saturated heterocycles. The molecule has 0 aromatic rings. The second-order valence-corrected chi connectivity index (χ2v) is 17.2. The first-order valence-corrected chi connectivity index (χ1v) is 23.4. The van der Waals surface area contributed by atoms with Crippen molar-refractivity contribution in [3.63, 3.8) is 0 Å². The number of nitrogens with one attached hydrogen (secondary N) is 4. The second kappa shape index (κ2) is 32.4. The maximum Gasteiger partial charge on any atom is 0.124 e. The largest absolute Gasteiger partial charge is 0.377 e. The third-order valence-electron chi connectivity index (χ3n) is 13.3. The molecular weight excluding hydrogens is 724 g/mol. The summed E-state index contributed by atoms with van der Waals surface area (Å²) in [6.07, 6.45) is 26.1. The summed E-state index contributed by atoms with van der Waals surface area (Å²) in [7, 11) is 6.19. The lowest BCUT2D eigenvalue weighted by molar-refractivity contribution is -0.112. The highest BCUT2D eigenvalue weighted by molar-refractivity contribution is 5.85. The number of likely N-dealkylation sites (tertiary alicyclic amines) is 2. The highest BCUT2D eigenvalue weighted by atomic mass is 35.5. The fourth-order valence-corrected chi connectivity index (χ4v) is 10.3. The number of carbonyl (C=O) groups excluding carboxylic acids is 1. The van der Waals surface area contributed by atoms with E-state index in [1.165, 1.54) is 142 Å². The third kappa shape index (κ3) is 20.2. The first-order chi connectivity index (χ1) is 27.0. The Hall–Kier alpha value is -0.400. The normalized spacial score (nSPS) is 32.9. The molecule has 332 valence electrons. The standard InChI is InChI=1S/2C15H30N2O.C8H15NO.C7H15NO.ClH/c2*1-3-18-14-8-6-10-17(12-14)11-13-7-4-5-9-15(13)16-2;1-9-8-5-3-2-4-7(8)6-10;1-2-9-7-4-3-5-8-6-7;/h2*13-16H,3-12H2,1-2H3;6-9H,2-5H2,1H3;7-8H,2-6H2,1H3;1H/t13-,14+,15+;13-,14-,15+;7-,8+;7-;/m0101./s1. The van der Waals surface area contributed by atoms with Crippen molar-refractivity contribution in [3.8, 4) is 0 Å². The van der Waals surface area contributed by atoms with Crippen LogP contribution in [0.1, 0.15) is 136 Å². The molecule has 0 spiro atoms. The Morgan fingerprint density at radius 3 is 1.39 bits per heavy atom. The van der Waals surface area contributed by atoms with Crippen LogP contribution < -0.4 is 21.3 Å². The van der Waals surface area contributed by atoms with E-state index in [4.69, 9.17) is 14.2 Å². The molecule has 3 aliphatic heterocycles. The van der Waals surface area contributed by atoms with Gasteiger partial charge in [-0.2, -0.15) is 0 Å². The maximum atomic E-state index is 10.5. The number of ether oxygens (including phenoxy) is 3. The van der Waals surface area contributed by atoms with E-state index in [1.54, 1.807) is 0 Å². The summed E-state index contributed by atoms with van der Waals surface area (Å²) in [6.45, 7) is 18.5.